The molecule has 0 aliphatic carbocycles. The number of nitrogens with zero attached hydrogens (tertiary/aromatic N) is 2. The number of aromatic nitrogens is 2. The van der Waals surface area contributed by atoms with Gasteiger partial charge in [-0.05, 0) is 25.0 Å². The van der Waals surface area contributed by atoms with Crippen molar-refractivity contribution in [2.75, 3.05) is 29.5 Å². The van der Waals surface area contributed by atoms with Crippen molar-refractivity contribution >= 4 is 23.4 Å². The molecule has 1 aromatic carbocycles. The largest absolute Gasteiger partial charge is 0.369 e. The summed E-state index contributed by atoms with van der Waals surface area (Å²) in [6, 6.07) is 7.11. The summed E-state index contributed by atoms with van der Waals surface area (Å²) < 4.78 is 0. The zero-order valence-corrected chi connectivity index (χ0v) is 12.8. The molecule has 1 heterocycles. The van der Waals surface area contributed by atoms with Crippen molar-refractivity contribution in [2.45, 2.75) is 13.8 Å². The molecular weight excluding hydrogens is 282 g/mol. The Hall–Kier alpha value is -2.83. The third-order valence-corrected chi connectivity index (χ3v) is 3.26. The van der Waals surface area contributed by atoms with E-state index in [1.807, 2.05) is 32.0 Å². The van der Waals surface area contributed by atoms with Crippen LogP contribution in [-0.4, -0.2) is 29.5 Å². The molecule has 2 aromatic rings. The van der Waals surface area contributed by atoms with Gasteiger partial charge in [0.1, 0.15) is 5.82 Å². The van der Waals surface area contributed by atoms with Gasteiger partial charge in [-0.3, -0.25) is 14.6 Å². The molecule has 0 atom stereocenters. The van der Waals surface area contributed by atoms with Crippen LogP contribution in [0.4, 0.5) is 17.5 Å². The van der Waals surface area contributed by atoms with Crippen LogP contribution in [0.2, 0.25) is 0 Å². The maximum Gasteiger partial charge on any atom is 0.254 e. The molecular formula is C15H19N5O2. The van der Waals surface area contributed by atoms with Crippen LogP contribution < -0.4 is 21.5 Å². The van der Waals surface area contributed by atoms with E-state index in [-0.39, 0.29) is 24.0 Å². The van der Waals surface area contributed by atoms with Crippen LogP contribution in [0.3, 0.4) is 0 Å². The summed E-state index contributed by atoms with van der Waals surface area (Å²) in [6.07, 6.45) is 0. The molecule has 0 saturated carbocycles. The first kappa shape index (κ1) is 15.6. The van der Waals surface area contributed by atoms with Crippen molar-refractivity contribution in [3.8, 4) is 0 Å². The normalized spacial score (nSPS) is 10.3. The predicted octanol–water partition coefficient (Wildman–Crippen LogP) is 1.04. The van der Waals surface area contributed by atoms with Crippen LogP contribution in [0.5, 0.6) is 0 Å². The first-order valence-electron chi connectivity index (χ1n) is 6.81. The third kappa shape index (κ3) is 3.63. The summed E-state index contributed by atoms with van der Waals surface area (Å²) in [7, 11) is 1.67. The van der Waals surface area contributed by atoms with E-state index in [1.54, 1.807) is 11.9 Å². The molecule has 4 N–H and O–H groups in total. The Kier molecular flexibility index (Phi) is 4.45. The lowest BCUT2D eigenvalue weighted by atomic mass is 10.1. The Morgan fingerprint density at radius 2 is 2.00 bits per heavy atom. The Balaban J connectivity index is 2.10. The standard InChI is InChI=1S/C15H19N5O2/c1-9-5-4-6-10(2)14(9)18-13(22)8-20(3)11-7-12(21)19-15(16)17-11/h4-7H,8H2,1-3H3,(H,18,22)(H3,16,17,19,21). The van der Waals surface area contributed by atoms with Gasteiger partial charge in [0.05, 0.1) is 6.54 Å². The number of nitrogen functional groups attached to an aromatic ring is 1. The van der Waals surface area contributed by atoms with E-state index in [0.717, 1.165) is 16.8 Å². The minimum absolute atomic E-state index is 0.0181. The van der Waals surface area contributed by atoms with Gasteiger partial charge in [-0.1, -0.05) is 18.2 Å². The number of aryl methyl sites for hydroxylation is 2. The van der Waals surface area contributed by atoms with E-state index in [9.17, 15) is 9.59 Å². The highest BCUT2D eigenvalue weighted by molar-refractivity contribution is 5.95. The molecule has 1 aromatic heterocycles. The summed E-state index contributed by atoms with van der Waals surface area (Å²) in [4.78, 5) is 31.5. The van der Waals surface area contributed by atoms with Crippen LogP contribution in [0.25, 0.3) is 0 Å². The number of benzene rings is 1. The SMILES string of the molecule is Cc1cccc(C)c1NC(=O)CN(C)c1cc(=O)[nH]c(N)n1. The van der Waals surface area contributed by atoms with Crippen LogP contribution >= 0.6 is 0 Å². The highest BCUT2D eigenvalue weighted by atomic mass is 16.2. The van der Waals surface area contributed by atoms with E-state index in [0.29, 0.717) is 5.82 Å². The fourth-order valence-corrected chi connectivity index (χ4v) is 2.15. The monoisotopic (exact) mass is 301 g/mol. The summed E-state index contributed by atoms with van der Waals surface area (Å²) in [5, 5.41) is 2.88. The van der Waals surface area contributed by atoms with Gasteiger partial charge in [-0.15, -0.1) is 0 Å². The summed E-state index contributed by atoms with van der Waals surface area (Å²) in [6.45, 7) is 3.93. The number of H-pyrrole nitrogens is 1. The molecule has 7 nitrogen and oxygen atoms in total. The lowest BCUT2D eigenvalue weighted by molar-refractivity contribution is -0.114. The number of hydrogen-bond donors (Lipinski definition) is 3. The summed E-state index contributed by atoms with van der Waals surface area (Å²) in [5.74, 6) is 0.169. The Morgan fingerprint density at radius 3 is 2.59 bits per heavy atom. The fourth-order valence-electron chi connectivity index (χ4n) is 2.15. The average Bonchev–Trinajstić information content (AvgIpc) is 2.42. The molecule has 0 spiro atoms. The van der Waals surface area contributed by atoms with Crippen molar-refractivity contribution in [2.24, 2.45) is 0 Å². The highest BCUT2D eigenvalue weighted by Crippen LogP contribution is 2.19. The second-order valence-electron chi connectivity index (χ2n) is 5.16. The van der Waals surface area contributed by atoms with Gasteiger partial charge in [-0.25, -0.2) is 0 Å². The molecule has 0 aliphatic heterocycles. The molecule has 0 fully saturated rings. The van der Waals surface area contributed by atoms with Gasteiger partial charge in [0, 0.05) is 18.8 Å². The fraction of sp³-hybridized carbons (Fsp3) is 0.267. The minimum atomic E-state index is -0.357. The number of carbonyl (C=O) groups excluding carboxylic acids is 1. The molecule has 0 radical (unpaired) electrons. The molecule has 1 amide bonds. The maximum atomic E-state index is 12.2. The second kappa shape index (κ2) is 6.30. The quantitative estimate of drug-likeness (QED) is 0.783. The molecule has 0 bridgehead atoms. The number of aromatic amines is 1. The van der Waals surface area contributed by atoms with Gasteiger partial charge in [-0.2, -0.15) is 4.98 Å². The Labute approximate surface area is 128 Å². The minimum Gasteiger partial charge on any atom is -0.369 e. The Morgan fingerprint density at radius 1 is 1.36 bits per heavy atom. The number of likely N-dealkylation sites (N-methyl/N-ethyl adjacent to an activating group) is 1. The van der Waals surface area contributed by atoms with E-state index < -0.39 is 0 Å². The number of rotatable bonds is 4. The van der Waals surface area contributed by atoms with E-state index in [1.165, 1.54) is 6.07 Å². The highest BCUT2D eigenvalue weighted by Gasteiger charge is 2.12. The predicted molar refractivity (Wildman–Crippen MR) is 87.1 cm³/mol. The van der Waals surface area contributed by atoms with E-state index >= 15 is 0 Å². The van der Waals surface area contributed by atoms with Gasteiger partial charge < -0.3 is 16.0 Å². The lowest BCUT2D eigenvalue weighted by Crippen LogP contribution is -2.32. The number of amides is 1. The van der Waals surface area contributed by atoms with Gasteiger partial charge in [0.15, 0.2) is 0 Å². The van der Waals surface area contributed by atoms with Crippen molar-refractivity contribution in [1.29, 1.82) is 0 Å². The van der Waals surface area contributed by atoms with Gasteiger partial charge in [0.2, 0.25) is 11.9 Å². The van der Waals surface area contributed by atoms with Crippen LogP contribution in [-0.2, 0) is 4.79 Å². The molecule has 116 valence electrons. The van der Waals surface area contributed by atoms with Crippen LogP contribution in [0, 0.1) is 13.8 Å². The molecule has 2 rings (SSSR count). The number of para-hydroxylation sites is 1. The van der Waals surface area contributed by atoms with Crippen LogP contribution in [0.1, 0.15) is 11.1 Å². The smallest absolute Gasteiger partial charge is 0.254 e. The maximum absolute atomic E-state index is 12.2. The summed E-state index contributed by atoms with van der Waals surface area (Å²) in [5.41, 5.74) is 7.94. The van der Waals surface area contributed by atoms with Gasteiger partial charge >= 0.3 is 0 Å². The number of nitrogens with two attached hydrogens (primary N) is 1. The van der Waals surface area contributed by atoms with Gasteiger partial charge in [0.25, 0.3) is 5.56 Å². The zero-order valence-electron chi connectivity index (χ0n) is 12.8. The van der Waals surface area contributed by atoms with Crippen molar-refractivity contribution < 1.29 is 4.79 Å². The first-order chi connectivity index (χ1) is 10.4. The molecule has 22 heavy (non-hydrogen) atoms. The topological polar surface area (TPSA) is 104 Å². The first-order valence-corrected chi connectivity index (χ1v) is 6.81. The van der Waals surface area contributed by atoms with Crippen molar-refractivity contribution in [3.05, 3.63) is 45.7 Å². The molecule has 7 heteroatoms. The van der Waals surface area contributed by atoms with Crippen molar-refractivity contribution in [3.63, 3.8) is 0 Å². The number of anilines is 3. The molecule has 0 saturated heterocycles. The van der Waals surface area contributed by atoms with E-state index in [2.05, 4.69) is 15.3 Å². The third-order valence-electron chi connectivity index (χ3n) is 3.26. The summed E-state index contributed by atoms with van der Waals surface area (Å²) >= 11 is 0. The lowest BCUT2D eigenvalue weighted by Gasteiger charge is -2.18. The molecule has 0 unspecified atom stereocenters. The zero-order chi connectivity index (χ0) is 16.3. The number of hydrogen-bond acceptors (Lipinski definition) is 5. The van der Waals surface area contributed by atoms with E-state index in [4.69, 9.17) is 5.73 Å². The Bertz CT molecular complexity index is 734. The van der Waals surface area contributed by atoms with Crippen molar-refractivity contribution in [1.82, 2.24) is 9.97 Å². The number of carbonyl (C=O) groups is 1. The molecule has 0 aliphatic rings. The van der Waals surface area contributed by atoms with Crippen LogP contribution in [0.15, 0.2) is 29.1 Å². The second-order valence-corrected chi connectivity index (χ2v) is 5.16. The average molecular weight is 301 g/mol. The number of nitrogens with one attached hydrogen (secondary N) is 2.